The van der Waals surface area contributed by atoms with Gasteiger partial charge in [-0.1, -0.05) is 0 Å². The zero-order chi connectivity index (χ0) is 18.7. The number of carbonyl (C=O) groups is 3. The highest BCUT2D eigenvalue weighted by Gasteiger charge is 2.12. The normalized spacial score (nSPS) is 10.5. The predicted molar refractivity (Wildman–Crippen MR) is 89.5 cm³/mol. The molecule has 0 spiro atoms. The smallest absolute Gasteiger partial charge is 0.322 e. The fraction of sp³-hybridized carbons (Fsp3) is 0.0588. The highest BCUT2D eigenvalue weighted by molar-refractivity contribution is 6.03. The van der Waals surface area contributed by atoms with E-state index in [4.69, 9.17) is 5.11 Å². The number of halogens is 1. The van der Waals surface area contributed by atoms with Gasteiger partial charge in [0.2, 0.25) is 0 Å². The van der Waals surface area contributed by atoms with Gasteiger partial charge in [0.25, 0.3) is 11.8 Å². The zero-order valence-electron chi connectivity index (χ0n) is 13.3. The Morgan fingerprint density at radius 1 is 1.04 bits per heavy atom. The number of hydrogen-bond acceptors (Lipinski definition) is 4. The van der Waals surface area contributed by atoms with Crippen molar-refractivity contribution < 1.29 is 23.9 Å². The van der Waals surface area contributed by atoms with E-state index in [2.05, 4.69) is 15.6 Å². The number of anilines is 1. The number of fused-ring (bicyclic) bond motifs is 1. The number of carbonyl (C=O) groups excluding carboxylic acids is 2. The van der Waals surface area contributed by atoms with Crippen LogP contribution in [0.25, 0.3) is 5.65 Å². The highest BCUT2D eigenvalue weighted by Crippen LogP contribution is 2.12. The molecule has 3 rings (SSSR count). The molecule has 0 unspecified atom stereocenters. The van der Waals surface area contributed by atoms with Gasteiger partial charge >= 0.3 is 5.97 Å². The molecule has 9 heteroatoms. The van der Waals surface area contributed by atoms with Crippen LogP contribution in [0.2, 0.25) is 0 Å². The van der Waals surface area contributed by atoms with E-state index in [0.29, 0.717) is 11.3 Å². The number of pyridine rings is 1. The van der Waals surface area contributed by atoms with Gasteiger partial charge in [0.05, 0.1) is 0 Å². The van der Waals surface area contributed by atoms with Crippen molar-refractivity contribution >= 4 is 29.1 Å². The van der Waals surface area contributed by atoms with E-state index < -0.39 is 30.1 Å². The Hall–Kier alpha value is -3.75. The molecule has 2 heterocycles. The summed E-state index contributed by atoms with van der Waals surface area (Å²) < 4.78 is 14.6. The minimum atomic E-state index is -1.14. The number of aliphatic carboxylic acids is 1. The Morgan fingerprint density at radius 3 is 2.46 bits per heavy atom. The largest absolute Gasteiger partial charge is 0.480 e. The minimum absolute atomic E-state index is 0.110. The van der Waals surface area contributed by atoms with Crippen molar-refractivity contribution in [3.8, 4) is 0 Å². The van der Waals surface area contributed by atoms with Crippen LogP contribution in [-0.2, 0) is 4.79 Å². The van der Waals surface area contributed by atoms with Crippen LogP contribution in [0.4, 0.5) is 10.1 Å². The number of hydrogen-bond donors (Lipinski definition) is 3. The Morgan fingerprint density at radius 2 is 1.77 bits per heavy atom. The van der Waals surface area contributed by atoms with Gasteiger partial charge in [-0.05, 0) is 36.4 Å². The van der Waals surface area contributed by atoms with Gasteiger partial charge in [-0.15, -0.1) is 0 Å². The molecule has 1 aromatic carbocycles. The van der Waals surface area contributed by atoms with Crippen LogP contribution in [0.15, 0.2) is 48.8 Å². The van der Waals surface area contributed by atoms with Gasteiger partial charge in [-0.25, -0.2) is 9.37 Å². The van der Waals surface area contributed by atoms with E-state index in [-0.39, 0.29) is 11.3 Å². The van der Waals surface area contributed by atoms with Crippen LogP contribution >= 0.6 is 0 Å². The number of nitrogens with zero attached hydrogens (tertiary/aromatic N) is 2. The first-order valence-corrected chi connectivity index (χ1v) is 7.48. The summed E-state index contributed by atoms with van der Waals surface area (Å²) in [6, 6.07) is 8.61. The molecule has 0 aliphatic carbocycles. The molecule has 0 aliphatic rings. The first-order chi connectivity index (χ1) is 12.4. The SMILES string of the molecule is O=C(O)CNC(=O)c1ccc(NC(=O)c2cn3cc(F)ccc3n2)cc1. The van der Waals surface area contributed by atoms with Crippen LogP contribution < -0.4 is 10.6 Å². The first-order valence-electron chi connectivity index (χ1n) is 7.48. The highest BCUT2D eigenvalue weighted by atomic mass is 19.1. The molecular formula is C17H13FN4O4. The van der Waals surface area contributed by atoms with Crippen LogP contribution in [0.3, 0.4) is 0 Å². The summed E-state index contributed by atoms with van der Waals surface area (Å²) in [5.41, 5.74) is 1.22. The quantitative estimate of drug-likeness (QED) is 0.642. The van der Waals surface area contributed by atoms with E-state index in [0.717, 1.165) is 0 Å². The number of imidazole rings is 1. The predicted octanol–water partition coefficient (Wildman–Crippen LogP) is 1.54. The van der Waals surface area contributed by atoms with Crippen molar-refractivity contribution in [3.05, 3.63) is 65.9 Å². The third-order valence-corrected chi connectivity index (χ3v) is 3.45. The second-order valence-electron chi connectivity index (χ2n) is 5.35. The fourth-order valence-corrected chi connectivity index (χ4v) is 2.23. The molecule has 0 radical (unpaired) electrons. The molecular weight excluding hydrogens is 343 g/mol. The van der Waals surface area contributed by atoms with Crippen LogP contribution in [0.5, 0.6) is 0 Å². The second-order valence-corrected chi connectivity index (χ2v) is 5.35. The molecule has 0 aliphatic heterocycles. The van der Waals surface area contributed by atoms with Crippen molar-refractivity contribution in [2.75, 3.05) is 11.9 Å². The molecule has 3 aromatic rings. The molecule has 132 valence electrons. The molecule has 2 aromatic heterocycles. The summed E-state index contributed by atoms with van der Waals surface area (Å²) in [5, 5.41) is 13.4. The monoisotopic (exact) mass is 356 g/mol. The molecule has 0 saturated carbocycles. The molecule has 3 N–H and O–H groups in total. The Labute approximate surface area is 146 Å². The van der Waals surface area contributed by atoms with Gasteiger partial charge in [-0.2, -0.15) is 0 Å². The van der Waals surface area contributed by atoms with Crippen molar-refractivity contribution in [1.82, 2.24) is 14.7 Å². The van der Waals surface area contributed by atoms with Crippen molar-refractivity contribution in [3.63, 3.8) is 0 Å². The molecule has 8 nitrogen and oxygen atoms in total. The summed E-state index contributed by atoms with van der Waals surface area (Å²) >= 11 is 0. The van der Waals surface area contributed by atoms with Gasteiger partial charge in [0, 0.05) is 23.6 Å². The molecule has 0 atom stereocenters. The molecule has 26 heavy (non-hydrogen) atoms. The average molecular weight is 356 g/mol. The summed E-state index contributed by atoms with van der Waals surface area (Å²) in [6.07, 6.45) is 2.62. The van der Waals surface area contributed by atoms with Crippen molar-refractivity contribution in [2.24, 2.45) is 0 Å². The lowest BCUT2D eigenvalue weighted by atomic mass is 10.2. The number of carboxylic acids is 1. The first kappa shape index (κ1) is 17.1. The Bertz CT molecular complexity index is 998. The van der Waals surface area contributed by atoms with Gasteiger partial charge < -0.3 is 20.1 Å². The topological polar surface area (TPSA) is 113 Å². The van der Waals surface area contributed by atoms with E-state index in [1.807, 2.05) is 0 Å². The molecule has 0 bridgehead atoms. The van der Waals surface area contributed by atoms with Crippen LogP contribution in [0.1, 0.15) is 20.8 Å². The van der Waals surface area contributed by atoms with Crippen LogP contribution in [0, 0.1) is 5.82 Å². The number of carboxylic acid groups (broad SMARTS) is 1. The summed E-state index contributed by atoms with van der Waals surface area (Å²) in [7, 11) is 0. The summed E-state index contributed by atoms with van der Waals surface area (Å²) in [4.78, 5) is 38.5. The molecule has 0 fully saturated rings. The fourth-order valence-electron chi connectivity index (χ4n) is 2.23. The molecule has 0 saturated heterocycles. The summed E-state index contributed by atoms with van der Waals surface area (Å²) in [5.74, 6) is -2.61. The lowest BCUT2D eigenvalue weighted by Gasteiger charge is -2.05. The minimum Gasteiger partial charge on any atom is -0.480 e. The maximum atomic E-state index is 13.2. The number of amides is 2. The number of aromatic nitrogens is 2. The van der Waals surface area contributed by atoms with Gasteiger partial charge in [0.1, 0.15) is 23.7 Å². The Kier molecular flexibility index (Phi) is 4.61. The lowest BCUT2D eigenvalue weighted by Crippen LogP contribution is -2.29. The van der Waals surface area contributed by atoms with E-state index >= 15 is 0 Å². The maximum Gasteiger partial charge on any atom is 0.322 e. The number of benzene rings is 1. The number of nitrogens with one attached hydrogen (secondary N) is 2. The third kappa shape index (κ3) is 3.83. The van der Waals surface area contributed by atoms with Gasteiger partial charge in [0.15, 0.2) is 0 Å². The molecule has 2 amide bonds. The van der Waals surface area contributed by atoms with E-state index in [9.17, 15) is 18.8 Å². The Balaban J connectivity index is 1.68. The zero-order valence-corrected chi connectivity index (χ0v) is 13.3. The summed E-state index contributed by atoms with van der Waals surface area (Å²) in [6.45, 7) is -0.480. The average Bonchev–Trinajstić information content (AvgIpc) is 3.03. The van der Waals surface area contributed by atoms with E-state index in [1.165, 1.54) is 53.2 Å². The lowest BCUT2D eigenvalue weighted by molar-refractivity contribution is -0.135. The number of rotatable bonds is 5. The third-order valence-electron chi connectivity index (χ3n) is 3.45. The van der Waals surface area contributed by atoms with E-state index in [1.54, 1.807) is 0 Å². The maximum absolute atomic E-state index is 13.2. The van der Waals surface area contributed by atoms with Crippen molar-refractivity contribution in [1.29, 1.82) is 0 Å². The van der Waals surface area contributed by atoms with Crippen molar-refractivity contribution in [2.45, 2.75) is 0 Å². The van der Waals surface area contributed by atoms with Gasteiger partial charge in [-0.3, -0.25) is 14.4 Å². The second kappa shape index (κ2) is 7.01. The van der Waals surface area contributed by atoms with Crippen LogP contribution in [-0.4, -0.2) is 38.8 Å². The standard InChI is InChI=1S/C17H13FN4O4/c18-11-3-6-14-21-13(9-22(14)8-11)17(26)20-12-4-1-10(2-5-12)16(25)19-7-15(23)24/h1-6,8-9H,7H2,(H,19,25)(H,20,26)(H,23,24).